The van der Waals surface area contributed by atoms with Crippen molar-refractivity contribution >= 4 is 32.6 Å². The molecular weight excluding hydrogens is 330 g/mol. The van der Waals surface area contributed by atoms with Crippen LogP contribution in [0.1, 0.15) is 31.1 Å². The summed E-state index contributed by atoms with van der Waals surface area (Å²) in [5, 5.41) is 12.0. The van der Waals surface area contributed by atoms with Crippen molar-refractivity contribution in [1.82, 2.24) is 4.90 Å². The molecule has 0 fully saturated rings. The molecule has 2 rings (SSSR count). The summed E-state index contributed by atoms with van der Waals surface area (Å²) >= 11 is 3.44. The Bertz CT molecular complexity index is 661. The number of nitrogens with zero attached hydrogens (tertiary/aromatic N) is 1. The fourth-order valence-electron chi connectivity index (χ4n) is 2.33. The number of benzene rings is 2. The summed E-state index contributed by atoms with van der Waals surface area (Å²) in [5.74, 6) is -0.0514. The molecule has 0 unspecified atom stereocenters. The molecule has 3 nitrogen and oxygen atoms in total. The molecular formula is C17H20BrNO2. The molecule has 112 valence electrons. The second-order valence-corrected chi connectivity index (χ2v) is 6.75. The van der Waals surface area contributed by atoms with Gasteiger partial charge in [0.2, 0.25) is 0 Å². The Kier molecular flexibility index (Phi) is 4.69. The van der Waals surface area contributed by atoms with Gasteiger partial charge < -0.3 is 10.0 Å². The fraction of sp³-hybridized carbons (Fsp3) is 0.353. The van der Waals surface area contributed by atoms with Gasteiger partial charge in [0.1, 0.15) is 0 Å². The van der Waals surface area contributed by atoms with E-state index in [1.807, 2.05) is 43.3 Å². The molecule has 2 aromatic carbocycles. The van der Waals surface area contributed by atoms with Crippen LogP contribution in [0.2, 0.25) is 0 Å². The van der Waals surface area contributed by atoms with Gasteiger partial charge in [-0.3, -0.25) is 4.79 Å². The third-order valence-electron chi connectivity index (χ3n) is 3.30. The zero-order valence-electron chi connectivity index (χ0n) is 12.6. The molecule has 1 N–H and O–H groups in total. The van der Waals surface area contributed by atoms with Gasteiger partial charge >= 0.3 is 0 Å². The lowest BCUT2D eigenvalue weighted by Gasteiger charge is -2.28. The third-order valence-corrected chi connectivity index (χ3v) is 3.79. The summed E-state index contributed by atoms with van der Waals surface area (Å²) in [5.41, 5.74) is -0.246. The van der Waals surface area contributed by atoms with Crippen molar-refractivity contribution in [1.29, 1.82) is 0 Å². The van der Waals surface area contributed by atoms with Crippen LogP contribution in [-0.2, 0) is 0 Å². The molecule has 1 amide bonds. The maximum absolute atomic E-state index is 12.6. The minimum absolute atomic E-state index is 0.0514. The van der Waals surface area contributed by atoms with E-state index in [1.54, 1.807) is 18.7 Å². The summed E-state index contributed by atoms with van der Waals surface area (Å²) in [4.78, 5) is 14.2. The average molecular weight is 350 g/mol. The van der Waals surface area contributed by atoms with E-state index >= 15 is 0 Å². The fourth-order valence-corrected chi connectivity index (χ4v) is 2.71. The number of likely N-dealkylation sites (N-methyl/N-ethyl adjacent to an activating group) is 1. The topological polar surface area (TPSA) is 40.5 Å². The van der Waals surface area contributed by atoms with E-state index in [9.17, 15) is 9.90 Å². The zero-order valence-corrected chi connectivity index (χ0v) is 14.1. The zero-order chi connectivity index (χ0) is 15.6. The first-order valence-electron chi connectivity index (χ1n) is 7.01. The van der Waals surface area contributed by atoms with Crippen molar-refractivity contribution in [3.05, 3.63) is 46.4 Å². The Morgan fingerprint density at radius 3 is 2.43 bits per heavy atom. The Morgan fingerprint density at radius 1 is 1.19 bits per heavy atom. The van der Waals surface area contributed by atoms with Gasteiger partial charge in [-0.2, -0.15) is 0 Å². The number of amides is 1. The first-order valence-corrected chi connectivity index (χ1v) is 7.80. The van der Waals surface area contributed by atoms with Crippen molar-refractivity contribution in [3.8, 4) is 0 Å². The molecule has 0 bridgehead atoms. The van der Waals surface area contributed by atoms with E-state index in [2.05, 4.69) is 15.9 Å². The number of halogens is 1. The summed E-state index contributed by atoms with van der Waals surface area (Å²) in [6.45, 7) is 6.23. The highest BCUT2D eigenvalue weighted by atomic mass is 79.9. The van der Waals surface area contributed by atoms with Crippen molar-refractivity contribution in [2.45, 2.75) is 26.4 Å². The SMILES string of the molecule is CCN(CC(C)(C)O)C(=O)c1ccc2cc(Br)ccc2c1. The van der Waals surface area contributed by atoms with Crippen molar-refractivity contribution in [2.75, 3.05) is 13.1 Å². The van der Waals surface area contributed by atoms with E-state index in [1.165, 1.54) is 0 Å². The summed E-state index contributed by atoms with van der Waals surface area (Å²) in [7, 11) is 0. The third kappa shape index (κ3) is 4.05. The molecule has 4 heteroatoms. The number of rotatable bonds is 4. The molecule has 2 aromatic rings. The normalized spacial score (nSPS) is 11.7. The van der Waals surface area contributed by atoms with Crippen LogP contribution in [-0.4, -0.2) is 34.6 Å². The van der Waals surface area contributed by atoms with E-state index in [4.69, 9.17) is 0 Å². The van der Waals surface area contributed by atoms with E-state index in [0.717, 1.165) is 15.2 Å². The number of carbonyl (C=O) groups excluding carboxylic acids is 1. The van der Waals surface area contributed by atoms with Gasteiger partial charge in [0.15, 0.2) is 0 Å². The second-order valence-electron chi connectivity index (χ2n) is 5.84. The maximum atomic E-state index is 12.6. The maximum Gasteiger partial charge on any atom is 0.253 e. The molecule has 0 radical (unpaired) electrons. The molecule has 0 aliphatic carbocycles. The van der Waals surface area contributed by atoms with Crippen molar-refractivity contribution in [3.63, 3.8) is 0 Å². The highest BCUT2D eigenvalue weighted by Gasteiger charge is 2.22. The monoisotopic (exact) mass is 349 g/mol. The van der Waals surface area contributed by atoms with Crippen LogP contribution in [0, 0.1) is 0 Å². The van der Waals surface area contributed by atoms with Gasteiger partial charge in [0.05, 0.1) is 5.60 Å². The van der Waals surface area contributed by atoms with Gasteiger partial charge in [-0.05, 0) is 55.8 Å². The Labute approximate surface area is 133 Å². The average Bonchev–Trinajstić information content (AvgIpc) is 2.42. The van der Waals surface area contributed by atoms with Crippen LogP contribution in [0.25, 0.3) is 10.8 Å². The number of carbonyl (C=O) groups is 1. The summed E-state index contributed by atoms with van der Waals surface area (Å²) < 4.78 is 1.02. The second kappa shape index (κ2) is 6.16. The molecule has 0 saturated heterocycles. The van der Waals surface area contributed by atoms with Gasteiger partial charge in [0.25, 0.3) is 5.91 Å². The molecule has 0 spiro atoms. The molecule has 0 aromatic heterocycles. The lowest BCUT2D eigenvalue weighted by molar-refractivity contribution is 0.0315. The smallest absolute Gasteiger partial charge is 0.253 e. The van der Waals surface area contributed by atoms with Crippen LogP contribution in [0.3, 0.4) is 0 Å². The van der Waals surface area contributed by atoms with Gasteiger partial charge in [-0.1, -0.05) is 28.1 Å². The first kappa shape index (κ1) is 16.0. The largest absolute Gasteiger partial charge is 0.389 e. The van der Waals surface area contributed by atoms with Gasteiger partial charge in [-0.15, -0.1) is 0 Å². The Hall–Kier alpha value is -1.39. The van der Waals surface area contributed by atoms with Crippen LogP contribution in [0.15, 0.2) is 40.9 Å². The van der Waals surface area contributed by atoms with Crippen molar-refractivity contribution in [2.24, 2.45) is 0 Å². The number of fused-ring (bicyclic) bond motifs is 1. The molecule has 0 aliphatic heterocycles. The highest BCUT2D eigenvalue weighted by molar-refractivity contribution is 9.10. The molecule has 0 saturated carbocycles. The standard InChI is InChI=1S/C17H20BrNO2/c1-4-19(11-17(2,3)21)16(20)14-6-5-13-10-15(18)8-7-12(13)9-14/h5-10,21H,4,11H2,1-3H3. The number of hydrogen-bond donors (Lipinski definition) is 1. The Morgan fingerprint density at radius 2 is 1.81 bits per heavy atom. The van der Waals surface area contributed by atoms with Crippen LogP contribution in [0.4, 0.5) is 0 Å². The van der Waals surface area contributed by atoms with Gasteiger partial charge in [0, 0.05) is 23.1 Å². The minimum atomic E-state index is -0.895. The summed E-state index contributed by atoms with van der Waals surface area (Å²) in [6.07, 6.45) is 0. The van der Waals surface area contributed by atoms with Crippen LogP contribution >= 0.6 is 15.9 Å². The predicted molar refractivity (Wildman–Crippen MR) is 89.5 cm³/mol. The quantitative estimate of drug-likeness (QED) is 0.910. The van der Waals surface area contributed by atoms with Crippen LogP contribution < -0.4 is 0 Å². The lowest BCUT2D eigenvalue weighted by Crippen LogP contribution is -2.42. The van der Waals surface area contributed by atoms with E-state index in [-0.39, 0.29) is 5.91 Å². The van der Waals surface area contributed by atoms with Crippen LogP contribution in [0.5, 0.6) is 0 Å². The highest BCUT2D eigenvalue weighted by Crippen LogP contribution is 2.22. The molecule has 21 heavy (non-hydrogen) atoms. The molecule has 0 heterocycles. The first-order chi connectivity index (χ1) is 9.80. The molecule has 0 atom stereocenters. The van der Waals surface area contributed by atoms with E-state index < -0.39 is 5.60 Å². The Balaban J connectivity index is 2.32. The van der Waals surface area contributed by atoms with E-state index in [0.29, 0.717) is 18.7 Å². The summed E-state index contributed by atoms with van der Waals surface area (Å²) in [6, 6.07) is 11.7. The van der Waals surface area contributed by atoms with Crippen molar-refractivity contribution < 1.29 is 9.90 Å². The minimum Gasteiger partial charge on any atom is -0.389 e. The van der Waals surface area contributed by atoms with Gasteiger partial charge in [-0.25, -0.2) is 0 Å². The predicted octanol–water partition coefficient (Wildman–Crippen LogP) is 3.84. The number of hydrogen-bond acceptors (Lipinski definition) is 2. The number of aliphatic hydroxyl groups is 1. The molecule has 0 aliphatic rings. The lowest BCUT2D eigenvalue weighted by atomic mass is 10.0.